The van der Waals surface area contributed by atoms with Crippen molar-refractivity contribution in [3.05, 3.63) is 81.2 Å². The Bertz CT molecular complexity index is 882. The summed E-state index contributed by atoms with van der Waals surface area (Å²) < 4.78 is 50.8. The van der Waals surface area contributed by atoms with Gasteiger partial charge in [0.05, 0.1) is 17.7 Å². The Morgan fingerprint density at radius 2 is 1.30 bits per heavy atom. The van der Waals surface area contributed by atoms with Gasteiger partial charge in [-0.15, -0.1) is 0 Å². The quantitative estimate of drug-likeness (QED) is 0.245. The highest BCUT2D eigenvalue weighted by atomic mass is 35.5. The molecule has 0 saturated heterocycles. The molecule has 0 fully saturated rings. The third-order valence-corrected chi connectivity index (χ3v) is 2.96. The number of quaternary nitrogens is 1. The maximum atomic E-state index is 12.9. The van der Waals surface area contributed by atoms with Crippen LogP contribution in [0.15, 0.2) is 41.5 Å². The monoisotopic (exact) mass is 454 g/mol. The highest BCUT2D eigenvalue weighted by Crippen LogP contribution is 2.11. The van der Waals surface area contributed by atoms with Gasteiger partial charge in [0.25, 0.3) is 0 Å². The fourth-order valence-electron chi connectivity index (χ4n) is 1.74. The first-order valence-corrected chi connectivity index (χ1v) is 7.06. The molecule has 2 rings (SSSR count). The molecule has 0 aliphatic rings. The number of benzene rings is 2. The second-order valence-corrected chi connectivity index (χ2v) is 4.73. The summed E-state index contributed by atoms with van der Waals surface area (Å²) in [5, 5.41) is 2.96. The number of azide groups is 1. The normalized spacial score (nSPS) is 8.30. The molecule has 11 heteroatoms. The average molecular weight is 455 g/mol. The molecule has 0 heterocycles. The average Bonchev–Trinajstić information content (AvgIpc) is 2.63. The molecule has 0 amide bonds. The van der Waals surface area contributed by atoms with Crippen LogP contribution in [0, 0.1) is 23.3 Å². The molecule has 0 spiro atoms. The van der Waals surface area contributed by atoms with E-state index in [1.807, 2.05) is 0 Å². The number of nitrogens with zero attached hydrogens (tertiary/aromatic N) is 3. The number of Topliss-reactive ketones (excluding diaryl/α,β-unsaturated/α-hetero) is 2. The highest BCUT2D eigenvalue weighted by Gasteiger charge is 2.12. The fraction of sp³-hybridized carbons (Fsp3) is 0.263. The van der Waals surface area contributed by atoms with Crippen molar-refractivity contribution in [3.63, 3.8) is 0 Å². The smallest absolute Gasteiger partial charge is 0.219 e. The fourth-order valence-corrected chi connectivity index (χ4v) is 1.74. The molecule has 30 heavy (non-hydrogen) atoms. The zero-order valence-corrected chi connectivity index (χ0v) is 14.4. The number of carbonyl (C=O) groups is 2. The summed E-state index contributed by atoms with van der Waals surface area (Å²) in [4.78, 5) is 24.4. The highest BCUT2D eigenvalue weighted by molar-refractivity contribution is 5.98. The third-order valence-electron chi connectivity index (χ3n) is 2.96. The van der Waals surface area contributed by atoms with Gasteiger partial charge in [-0.05, 0) is 41.9 Å². The summed E-state index contributed by atoms with van der Waals surface area (Å²) in [6.07, 6.45) is 0. The number of rotatable bonds is 5. The van der Waals surface area contributed by atoms with Crippen LogP contribution < -0.4 is 18.1 Å². The second-order valence-electron chi connectivity index (χ2n) is 4.73. The van der Waals surface area contributed by atoms with Crippen LogP contribution in [0.1, 0.15) is 44.4 Å². The second kappa shape index (κ2) is 17.0. The largest absolute Gasteiger partial charge is 1.00 e. The van der Waals surface area contributed by atoms with Crippen LogP contribution in [-0.4, -0.2) is 24.7 Å². The summed E-state index contributed by atoms with van der Waals surface area (Å²) >= 11 is 0. The van der Waals surface area contributed by atoms with Gasteiger partial charge in [0.1, 0.15) is 29.8 Å². The zero-order chi connectivity index (χ0) is 19.7. The van der Waals surface area contributed by atoms with E-state index in [9.17, 15) is 27.2 Å². The molecule has 3 N–H and O–H groups in total. The Hall–Kier alpha value is -2.94. The lowest BCUT2D eigenvalue weighted by molar-refractivity contribution is -0.349. The Balaban J connectivity index is -0.000000126. The van der Waals surface area contributed by atoms with Gasteiger partial charge < -0.3 is 18.1 Å². The van der Waals surface area contributed by atoms with Gasteiger partial charge in [-0.1, -0.05) is 27.4 Å². The maximum absolute atomic E-state index is 12.9. The van der Waals surface area contributed by atoms with Crippen LogP contribution in [0.5, 0.6) is 0 Å². The summed E-state index contributed by atoms with van der Waals surface area (Å²) in [6, 6.07) is 5.29. The predicted molar refractivity (Wildman–Crippen MR) is 105 cm³/mol. The van der Waals surface area contributed by atoms with Crippen molar-refractivity contribution < 1.29 is 46.7 Å². The van der Waals surface area contributed by atoms with Gasteiger partial charge in [0.15, 0.2) is 5.78 Å². The Morgan fingerprint density at radius 3 is 1.67 bits per heavy atom. The number of carbonyl (C=O) groups excluding carboxylic acids is 2. The lowest BCUT2D eigenvalue weighted by Gasteiger charge is -1.98. The van der Waals surface area contributed by atoms with Gasteiger partial charge in [0.2, 0.25) is 5.78 Å². The lowest BCUT2D eigenvalue weighted by atomic mass is 10.1. The van der Waals surface area contributed by atoms with E-state index in [4.69, 9.17) is 5.53 Å². The molecule has 0 bridgehead atoms. The molecular weight excluding hydrogens is 428 g/mol. The molecule has 2 aromatic carbocycles. The van der Waals surface area contributed by atoms with Gasteiger partial charge in [0, 0.05) is 6.34 Å². The van der Waals surface area contributed by atoms with Crippen LogP contribution in [0.3, 0.4) is 0 Å². The van der Waals surface area contributed by atoms with Crippen molar-refractivity contribution in [2.24, 2.45) is 5.11 Å². The molecule has 0 aliphatic carbocycles. The SMILES string of the molecule is C.C.C.[Cl-].[HH].[N-]=[N+]=NCC(=O)c1cc(F)ccc1F.[NH3+]CC(=O)c1cc(F)ccc1F. The standard InChI is InChI=1S/C8H5F2N3O.C8H7F2NO.3CH4.ClH.H2/c9-5-1-2-7(10)6(3-5)8(14)4-12-13-11;9-5-1-2-7(10)6(3-5)8(12)4-11;;;;;/h1-3H,4H2;1-3H,4,11H2;3*1H4;2*1H. The molecule has 0 atom stereocenters. The molecule has 0 radical (unpaired) electrons. The minimum atomic E-state index is -0.829. The van der Waals surface area contributed by atoms with E-state index in [0.717, 1.165) is 36.4 Å². The molecular formula is C19H27ClF4N4O2. The van der Waals surface area contributed by atoms with Gasteiger partial charge in [-0.25, -0.2) is 17.6 Å². The van der Waals surface area contributed by atoms with Crippen LogP contribution in [0.2, 0.25) is 0 Å². The van der Waals surface area contributed by atoms with E-state index < -0.39 is 46.9 Å². The number of ketones is 2. The Labute approximate surface area is 180 Å². The zero-order valence-electron chi connectivity index (χ0n) is 13.6. The van der Waals surface area contributed by atoms with E-state index in [0.29, 0.717) is 0 Å². The van der Waals surface area contributed by atoms with Crippen molar-refractivity contribution in [1.82, 2.24) is 0 Å². The molecule has 0 aliphatic heterocycles. The minimum absolute atomic E-state index is 0. The van der Waals surface area contributed by atoms with Crippen molar-refractivity contribution >= 4 is 11.6 Å². The molecule has 2 aromatic rings. The summed E-state index contributed by atoms with van der Waals surface area (Å²) in [7, 11) is 0. The lowest BCUT2D eigenvalue weighted by Crippen LogP contribution is -3.00. The van der Waals surface area contributed by atoms with Crippen LogP contribution in [0.4, 0.5) is 17.6 Å². The topological polar surface area (TPSA) is 111 Å². The van der Waals surface area contributed by atoms with Gasteiger partial charge in [-0.3, -0.25) is 9.59 Å². The molecule has 0 aromatic heterocycles. The van der Waals surface area contributed by atoms with Gasteiger partial charge >= 0.3 is 0 Å². The van der Waals surface area contributed by atoms with E-state index in [-0.39, 0.29) is 48.2 Å². The maximum Gasteiger partial charge on any atom is 0.219 e. The van der Waals surface area contributed by atoms with E-state index in [1.165, 1.54) is 0 Å². The van der Waals surface area contributed by atoms with Crippen LogP contribution in [-0.2, 0) is 0 Å². The van der Waals surface area contributed by atoms with Crippen molar-refractivity contribution in [1.29, 1.82) is 0 Å². The number of hydrogen-bond acceptors (Lipinski definition) is 3. The summed E-state index contributed by atoms with van der Waals surface area (Å²) in [6.45, 7) is -0.586. The van der Waals surface area contributed by atoms with Crippen molar-refractivity contribution in [2.45, 2.75) is 22.3 Å². The predicted octanol–water partition coefficient (Wildman–Crippen LogP) is 2.01. The van der Waals surface area contributed by atoms with Crippen molar-refractivity contribution in [2.75, 3.05) is 13.1 Å². The van der Waals surface area contributed by atoms with Crippen LogP contribution in [0.25, 0.3) is 10.4 Å². The third kappa shape index (κ3) is 10.6. The van der Waals surface area contributed by atoms with E-state index in [1.54, 1.807) is 0 Å². The summed E-state index contributed by atoms with van der Waals surface area (Å²) in [5.41, 5.74) is 10.6. The molecule has 0 unspecified atom stereocenters. The first-order chi connectivity index (χ1) is 12.3. The molecule has 170 valence electrons. The summed E-state index contributed by atoms with van der Waals surface area (Å²) in [5.74, 6) is -4.11. The first-order valence-electron chi connectivity index (χ1n) is 7.06. The minimum Gasteiger partial charge on any atom is -1.00 e. The molecule has 0 saturated carbocycles. The number of halogens is 5. The Kier molecular flexibility index (Phi) is 19.5. The Morgan fingerprint density at radius 1 is 0.900 bits per heavy atom. The van der Waals surface area contributed by atoms with Gasteiger partial charge in [-0.2, -0.15) is 0 Å². The van der Waals surface area contributed by atoms with Crippen LogP contribution >= 0.6 is 0 Å². The first kappa shape index (κ1) is 34.6. The molecule has 6 nitrogen and oxygen atoms in total. The number of hydrogen-bond donors (Lipinski definition) is 1. The van der Waals surface area contributed by atoms with E-state index >= 15 is 0 Å². The van der Waals surface area contributed by atoms with E-state index in [2.05, 4.69) is 15.8 Å². The van der Waals surface area contributed by atoms with Crippen molar-refractivity contribution in [3.8, 4) is 0 Å².